The SMILES string of the molecule is O=C(c1cccc(-n2cccn2)c1)N1CCCC(COc2ncccn2)C1. The molecule has 3 heterocycles. The standard InChI is InChI=1S/C20H21N5O2/c26-19(17-6-1-7-18(13-17)25-12-4-10-23-25)24-11-2-5-16(14-24)15-27-20-21-8-3-9-22-20/h1,3-4,6-10,12-13,16H,2,5,11,14-15H2. The van der Waals surface area contributed by atoms with Gasteiger partial charge in [0.1, 0.15) is 0 Å². The van der Waals surface area contributed by atoms with Gasteiger partial charge in [0, 0.05) is 49.4 Å². The lowest BCUT2D eigenvalue weighted by atomic mass is 9.98. The normalized spacial score (nSPS) is 16.9. The van der Waals surface area contributed by atoms with Gasteiger partial charge in [-0.2, -0.15) is 5.10 Å². The Morgan fingerprint density at radius 1 is 1.15 bits per heavy atom. The number of amides is 1. The van der Waals surface area contributed by atoms with E-state index in [0.29, 0.717) is 24.7 Å². The topological polar surface area (TPSA) is 73.1 Å². The number of carbonyl (C=O) groups excluding carboxylic acids is 1. The van der Waals surface area contributed by atoms with Gasteiger partial charge < -0.3 is 9.64 Å². The van der Waals surface area contributed by atoms with Gasteiger partial charge in [-0.15, -0.1) is 0 Å². The van der Waals surface area contributed by atoms with Gasteiger partial charge in [-0.3, -0.25) is 4.79 Å². The van der Waals surface area contributed by atoms with Crippen molar-refractivity contribution in [1.82, 2.24) is 24.6 Å². The third-order valence-electron chi connectivity index (χ3n) is 4.66. The predicted molar refractivity (Wildman–Crippen MR) is 99.7 cm³/mol. The van der Waals surface area contributed by atoms with Crippen LogP contribution < -0.4 is 4.74 Å². The van der Waals surface area contributed by atoms with Crippen molar-refractivity contribution in [3.8, 4) is 11.7 Å². The molecule has 1 unspecified atom stereocenters. The van der Waals surface area contributed by atoms with Gasteiger partial charge >= 0.3 is 6.01 Å². The van der Waals surface area contributed by atoms with Crippen LogP contribution in [0.25, 0.3) is 5.69 Å². The van der Waals surface area contributed by atoms with Crippen LogP contribution in [0.2, 0.25) is 0 Å². The van der Waals surface area contributed by atoms with E-state index in [9.17, 15) is 4.79 Å². The molecular formula is C20H21N5O2. The maximum atomic E-state index is 13.0. The first-order chi connectivity index (χ1) is 13.3. The summed E-state index contributed by atoms with van der Waals surface area (Å²) in [5.74, 6) is 0.325. The van der Waals surface area contributed by atoms with Gasteiger partial charge in [0.25, 0.3) is 5.91 Å². The number of hydrogen-bond acceptors (Lipinski definition) is 5. The second-order valence-corrected chi connectivity index (χ2v) is 6.60. The second-order valence-electron chi connectivity index (χ2n) is 6.60. The molecule has 7 heteroatoms. The van der Waals surface area contributed by atoms with Crippen molar-refractivity contribution in [3.63, 3.8) is 0 Å². The van der Waals surface area contributed by atoms with Gasteiger partial charge in [-0.05, 0) is 43.2 Å². The summed E-state index contributed by atoms with van der Waals surface area (Å²) in [7, 11) is 0. The molecule has 0 N–H and O–H groups in total. The molecule has 4 rings (SSSR count). The zero-order valence-electron chi connectivity index (χ0n) is 14.9. The molecule has 0 radical (unpaired) electrons. The molecule has 7 nitrogen and oxygen atoms in total. The number of aromatic nitrogens is 4. The minimum atomic E-state index is 0.0460. The minimum absolute atomic E-state index is 0.0460. The number of hydrogen-bond donors (Lipinski definition) is 0. The highest BCUT2D eigenvalue weighted by Gasteiger charge is 2.25. The molecule has 0 aliphatic carbocycles. The first-order valence-electron chi connectivity index (χ1n) is 9.09. The first kappa shape index (κ1) is 17.2. The summed E-state index contributed by atoms with van der Waals surface area (Å²) in [4.78, 5) is 23.0. The average molecular weight is 363 g/mol. The van der Waals surface area contributed by atoms with Crippen LogP contribution in [-0.2, 0) is 0 Å². The van der Waals surface area contributed by atoms with E-state index in [-0.39, 0.29) is 11.8 Å². The zero-order valence-corrected chi connectivity index (χ0v) is 14.9. The van der Waals surface area contributed by atoms with Gasteiger partial charge in [0.2, 0.25) is 0 Å². The van der Waals surface area contributed by atoms with E-state index >= 15 is 0 Å². The number of rotatable bonds is 5. The Bertz CT molecular complexity index is 882. The van der Waals surface area contributed by atoms with E-state index in [1.54, 1.807) is 29.3 Å². The molecule has 3 aromatic rings. The highest BCUT2D eigenvalue weighted by molar-refractivity contribution is 5.94. The molecule has 1 atom stereocenters. The van der Waals surface area contributed by atoms with Crippen LogP contribution in [0.15, 0.2) is 61.2 Å². The number of ether oxygens (including phenoxy) is 1. The fourth-order valence-electron chi connectivity index (χ4n) is 3.32. The van der Waals surface area contributed by atoms with Crippen LogP contribution in [0, 0.1) is 5.92 Å². The maximum absolute atomic E-state index is 13.0. The lowest BCUT2D eigenvalue weighted by Gasteiger charge is -2.32. The summed E-state index contributed by atoms with van der Waals surface area (Å²) in [6.45, 7) is 1.96. The monoisotopic (exact) mass is 363 g/mol. The highest BCUT2D eigenvalue weighted by atomic mass is 16.5. The van der Waals surface area contributed by atoms with Gasteiger partial charge in [-0.1, -0.05) is 6.07 Å². The molecule has 0 bridgehead atoms. The quantitative estimate of drug-likeness (QED) is 0.697. The first-order valence-corrected chi connectivity index (χ1v) is 9.09. The smallest absolute Gasteiger partial charge is 0.316 e. The third-order valence-corrected chi connectivity index (χ3v) is 4.66. The molecule has 1 aliphatic heterocycles. The molecule has 27 heavy (non-hydrogen) atoms. The number of carbonyl (C=O) groups is 1. The summed E-state index contributed by atoms with van der Waals surface area (Å²) in [6.07, 6.45) is 8.90. The minimum Gasteiger partial charge on any atom is -0.463 e. The van der Waals surface area contributed by atoms with Crippen molar-refractivity contribution in [2.45, 2.75) is 12.8 Å². The van der Waals surface area contributed by atoms with E-state index < -0.39 is 0 Å². The van der Waals surface area contributed by atoms with Crippen LogP contribution in [0.5, 0.6) is 6.01 Å². The molecule has 2 aromatic heterocycles. The van der Waals surface area contributed by atoms with E-state index in [4.69, 9.17) is 4.74 Å². The number of nitrogens with zero attached hydrogens (tertiary/aromatic N) is 5. The van der Waals surface area contributed by atoms with E-state index in [0.717, 1.165) is 25.1 Å². The Morgan fingerprint density at radius 3 is 2.85 bits per heavy atom. The molecule has 0 saturated carbocycles. The molecule has 1 aromatic carbocycles. The molecule has 1 amide bonds. The maximum Gasteiger partial charge on any atom is 0.316 e. The van der Waals surface area contributed by atoms with Crippen LogP contribution in [0.4, 0.5) is 0 Å². The van der Waals surface area contributed by atoms with Crippen LogP contribution in [0.3, 0.4) is 0 Å². The van der Waals surface area contributed by atoms with Gasteiger partial charge in [0.05, 0.1) is 12.3 Å². The molecule has 138 valence electrons. The fraction of sp³-hybridized carbons (Fsp3) is 0.300. The number of piperidine rings is 1. The van der Waals surface area contributed by atoms with Crippen molar-refractivity contribution in [1.29, 1.82) is 0 Å². The van der Waals surface area contributed by atoms with Crippen LogP contribution >= 0.6 is 0 Å². The van der Waals surface area contributed by atoms with Gasteiger partial charge in [0.15, 0.2) is 0 Å². The third kappa shape index (κ3) is 4.13. The lowest BCUT2D eigenvalue weighted by molar-refractivity contribution is 0.0628. The summed E-state index contributed by atoms with van der Waals surface area (Å²) < 4.78 is 7.43. The molecule has 1 saturated heterocycles. The average Bonchev–Trinajstić information content (AvgIpc) is 3.28. The summed E-state index contributed by atoms with van der Waals surface area (Å²) in [5, 5.41) is 4.23. The van der Waals surface area contributed by atoms with Crippen LogP contribution in [-0.4, -0.2) is 50.3 Å². The largest absolute Gasteiger partial charge is 0.463 e. The Labute approximate surface area is 157 Å². The van der Waals surface area contributed by atoms with Crippen molar-refractivity contribution in [2.75, 3.05) is 19.7 Å². The Morgan fingerprint density at radius 2 is 2.04 bits per heavy atom. The zero-order chi connectivity index (χ0) is 18.5. The lowest BCUT2D eigenvalue weighted by Crippen LogP contribution is -2.41. The molecule has 1 fully saturated rings. The Kier molecular flexibility index (Phi) is 5.09. The van der Waals surface area contributed by atoms with Crippen molar-refractivity contribution in [2.24, 2.45) is 5.92 Å². The van der Waals surface area contributed by atoms with Gasteiger partial charge in [-0.25, -0.2) is 14.6 Å². The second kappa shape index (κ2) is 7.99. The fourth-order valence-corrected chi connectivity index (χ4v) is 3.32. The molecular weight excluding hydrogens is 342 g/mol. The molecule has 1 aliphatic rings. The summed E-state index contributed by atoms with van der Waals surface area (Å²) in [5.41, 5.74) is 1.56. The summed E-state index contributed by atoms with van der Waals surface area (Å²) in [6, 6.07) is 11.6. The number of likely N-dealkylation sites (tertiary alicyclic amines) is 1. The molecule has 0 spiro atoms. The van der Waals surface area contributed by atoms with Crippen LogP contribution in [0.1, 0.15) is 23.2 Å². The van der Waals surface area contributed by atoms with E-state index in [2.05, 4.69) is 15.1 Å². The summed E-state index contributed by atoms with van der Waals surface area (Å²) >= 11 is 0. The van der Waals surface area contributed by atoms with E-state index in [1.165, 1.54) is 0 Å². The van der Waals surface area contributed by atoms with Crippen molar-refractivity contribution < 1.29 is 9.53 Å². The Balaban J connectivity index is 1.40. The predicted octanol–water partition coefficient (Wildman–Crippen LogP) is 2.59. The Hall–Kier alpha value is -3.22. The van der Waals surface area contributed by atoms with Crippen molar-refractivity contribution in [3.05, 3.63) is 66.7 Å². The van der Waals surface area contributed by atoms with Crippen molar-refractivity contribution >= 4 is 5.91 Å². The highest BCUT2D eigenvalue weighted by Crippen LogP contribution is 2.20. The number of benzene rings is 1. The van der Waals surface area contributed by atoms with E-state index in [1.807, 2.05) is 41.4 Å².